The van der Waals surface area contributed by atoms with Crippen molar-refractivity contribution in [3.63, 3.8) is 0 Å². The third-order valence-corrected chi connectivity index (χ3v) is 4.43. The lowest BCUT2D eigenvalue weighted by Crippen LogP contribution is -2.14. The predicted molar refractivity (Wildman–Crippen MR) is 93.0 cm³/mol. The van der Waals surface area contributed by atoms with Crippen LogP contribution in [-0.2, 0) is 22.6 Å². The molecule has 0 radical (unpaired) electrons. The predicted octanol–water partition coefficient (Wildman–Crippen LogP) is 2.14. The molecule has 0 unspecified atom stereocenters. The van der Waals surface area contributed by atoms with Crippen LogP contribution < -0.4 is 10.3 Å². The fraction of sp³-hybridized carbons (Fsp3) is 0.294. The number of esters is 1. The first kappa shape index (κ1) is 17.1. The number of fused-ring (bicyclic) bond motifs is 1. The third kappa shape index (κ3) is 4.21. The van der Waals surface area contributed by atoms with Gasteiger partial charge in [-0.1, -0.05) is 23.5 Å². The molecule has 0 saturated heterocycles. The summed E-state index contributed by atoms with van der Waals surface area (Å²) in [7, 11) is 1.61. The first-order valence-corrected chi connectivity index (χ1v) is 8.52. The number of hydrogen-bond acceptors (Lipinski definition) is 7. The maximum atomic E-state index is 11.9. The second-order valence-electron chi connectivity index (χ2n) is 5.43. The second kappa shape index (κ2) is 7.43. The number of aromatic nitrogens is 3. The number of hydrogen-bond donors (Lipinski definition) is 0. The van der Waals surface area contributed by atoms with Crippen molar-refractivity contribution in [2.24, 2.45) is 0 Å². The molecule has 0 saturated carbocycles. The Morgan fingerprint density at radius 2 is 2.04 bits per heavy atom. The molecule has 2 heterocycles. The van der Waals surface area contributed by atoms with E-state index in [1.165, 1.54) is 21.9 Å². The lowest BCUT2D eigenvalue weighted by Gasteiger charge is -2.04. The molecular weight excluding hydrogens is 342 g/mol. The normalized spacial score (nSPS) is 10.8. The molecule has 25 heavy (non-hydrogen) atoms. The summed E-state index contributed by atoms with van der Waals surface area (Å²) in [5, 5.41) is 4.67. The SMILES string of the molecule is COc1ccc(CCC(=O)OCc2nn3c(=O)cc(C)nc3s2)cc1. The molecule has 8 heteroatoms. The molecule has 0 atom stereocenters. The number of rotatable bonds is 6. The van der Waals surface area contributed by atoms with Crippen molar-refractivity contribution in [3.8, 4) is 5.75 Å². The molecule has 2 aromatic heterocycles. The number of methoxy groups -OCH3 is 1. The van der Waals surface area contributed by atoms with Gasteiger partial charge in [0, 0.05) is 18.2 Å². The van der Waals surface area contributed by atoms with Crippen LogP contribution in [0.2, 0.25) is 0 Å². The van der Waals surface area contributed by atoms with Gasteiger partial charge in [-0.05, 0) is 31.0 Å². The van der Waals surface area contributed by atoms with Gasteiger partial charge in [0.25, 0.3) is 5.56 Å². The van der Waals surface area contributed by atoms with E-state index in [1.54, 1.807) is 14.0 Å². The van der Waals surface area contributed by atoms with E-state index < -0.39 is 0 Å². The fourth-order valence-corrected chi connectivity index (χ4v) is 3.13. The van der Waals surface area contributed by atoms with E-state index in [1.807, 2.05) is 24.3 Å². The van der Waals surface area contributed by atoms with Gasteiger partial charge in [0.2, 0.25) is 4.96 Å². The van der Waals surface area contributed by atoms with Crippen molar-refractivity contribution in [1.29, 1.82) is 0 Å². The number of carbonyl (C=O) groups excluding carboxylic acids is 1. The van der Waals surface area contributed by atoms with Crippen LogP contribution >= 0.6 is 11.3 Å². The van der Waals surface area contributed by atoms with Crippen molar-refractivity contribution >= 4 is 22.3 Å². The maximum Gasteiger partial charge on any atom is 0.306 e. The van der Waals surface area contributed by atoms with Crippen LogP contribution in [-0.4, -0.2) is 27.7 Å². The summed E-state index contributed by atoms with van der Waals surface area (Å²) >= 11 is 1.24. The molecule has 0 aliphatic carbocycles. The number of nitrogens with zero attached hydrogens (tertiary/aromatic N) is 3. The molecule has 0 amide bonds. The van der Waals surface area contributed by atoms with Crippen molar-refractivity contribution in [2.45, 2.75) is 26.4 Å². The average molecular weight is 359 g/mol. The Morgan fingerprint density at radius 3 is 2.76 bits per heavy atom. The molecule has 1 aromatic carbocycles. The number of ether oxygens (including phenoxy) is 2. The van der Waals surface area contributed by atoms with Gasteiger partial charge in [-0.3, -0.25) is 9.59 Å². The zero-order valence-electron chi connectivity index (χ0n) is 13.9. The highest BCUT2D eigenvalue weighted by atomic mass is 32.1. The molecule has 0 fully saturated rings. The van der Waals surface area contributed by atoms with Crippen molar-refractivity contribution < 1.29 is 14.3 Å². The second-order valence-corrected chi connectivity index (χ2v) is 6.48. The summed E-state index contributed by atoms with van der Waals surface area (Å²) in [4.78, 5) is 28.4. The van der Waals surface area contributed by atoms with Crippen molar-refractivity contribution in [1.82, 2.24) is 14.6 Å². The van der Waals surface area contributed by atoms with Gasteiger partial charge in [-0.25, -0.2) is 4.98 Å². The summed E-state index contributed by atoms with van der Waals surface area (Å²) in [6.07, 6.45) is 0.859. The van der Waals surface area contributed by atoms with Gasteiger partial charge >= 0.3 is 5.97 Å². The third-order valence-electron chi connectivity index (χ3n) is 3.55. The maximum absolute atomic E-state index is 11.9. The van der Waals surface area contributed by atoms with E-state index in [2.05, 4.69) is 10.1 Å². The van der Waals surface area contributed by atoms with Crippen LogP contribution in [0, 0.1) is 6.92 Å². The topological polar surface area (TPSA) is 82.8 Å². The van der Waals surface area contributed by atoms with Gasteiger partial charge in [-0.15, -0.1) is 0 Å². The number of aryl methyl sites for hydroxylation is 2. The Labute approximate surface area is 147 Å². The molecular formula is C17H17N3O4S. The summed E-state index contributed by atoms with van der Waals surface area (Å²) in [6, 6.07) is 8.96. The molecule has 0 bridgehead atoms. The van der Waals surface area contributed by atoms with Gasteiger partial charge in [0.05, 0.1) is 7.11 Å². The monoisotopic (exact) mass is 359 g/mol. The molecule has 3 aromatic rings. The quantitative estimate of drug-likeness (QED) is 0.627. The Kier molecular flexibility index (Phi) is 5.08. The summed E-state index contributed by atoms with van der Waals surface area (Å²) in [5.74, 6) is 0.466. The Balaban J connectivity index is 1.55. The van der Waals surface area contributed by atoms with Gasteiger partial charge < -0.3 is 9.47 Å². The first-order chi connectivity index (χ1) is 12.0. The van der Waals surface area contributed by atoms with Crippen LogP contribution in [0.15, 0.2) is 35.1 Å². The molecule has 0 spiro atoms. The van der Waals surface area contributed by atoms with E-state index >= 15 is 0 Å². The molecule has 0 aliphatic heterocycles. The van der Waals surface area contributed by atoms with Gasteiger partial charge in [0.15, 0.2) is 5.01 Å². The highest BCUT2D eigenvalue weighted by Gasteiger charge is 2.10. The number of carbonyl (C=O) groups is 1. The highest BCUT2D eigenvalue weighted by Crippen LogP contribution is 2.14. The van der Waals surface area contributed by atoms with E-state index in [4.69, 9.17) is 9.47 Å². The lowest BCUT2D eigenvalue weighted by atomic mass is 10.1. The van der Waals surface area contributed by atoms with Crippen molar-refractivity contribution in [3.05, 3.63) is 57.0 Å². The molecule has 130 valence electrons. The van der Waals surface area contributed by atoms with Gasteiger partial charge in [0.1, 0.15) is 12.4 Å². The Bertz CT molecular complexity index is 947. The minimum absolute atomic E-state index is 0.0357. The van der Waals surface area contributed by atoms with Crippen LogP contribution in [0.1, 0.15) is 22.7 Å². The molecule has 0 aliphatic rings. The van der Waals surface area contributed by atoms with Crippen LogP contribution in [0.3, 0.4) is 0 Å². The fourth-order valence-electron chi connectivity index (χ4n) is 2.27. The standard InChI is InChI=1S/C17H17N3O4S/c1-11-9-15(21)20-17(18-11)25-14(19-20)10-24-16(22)8-5-12-3-6-13(23-2)7-4-12/h3-4,6-7,9H,5,8,10H2,1-2H3. The zero-order chi connectivity index (χ0) is 17.8. The molecule has 0 N–H and O–H groups in total. The van der Waals surface area contributed by atoms with Crippen LogP contribution in [0.5, 0.6) is 5.75 Å². The summed E-state index contributed by atoms with van der Waals surface area (Å²) in [6.45, 7) is 1.79. The van der Waals surface area contributed by atoms with E-state index in [-0.39, 0.29) is 24.6 Å². The largest absolute Gasteiger partial charge is 0.497 e. The highest BCUT2D eigenvalue weighted by molar-refractivity contribution is 7.16. The number of benzene rings is 1. The Morgan fingerprint density at radius 1 is 1.28 bits per heavy atom. The van der Waals surface area contributed by atoms with Crippen molar-refractivity contribution in [2.75, 3.05) is 7.11 Å². The van der Waals surface area contributed by atoms with E-state index in [0.717, 1.165) is 11.3 Å². The summed E-state index contributed by atoms with van der Waals surface area (Å²) in [5.41, 5.74) is 1.43. The Hall–Kier alpha value is -2.74. The van der Waals surface area contributed by atoms with Crippen LogP contribution in [0.25, 0.3) is 4.96 Å². The van der Waals surface area contributed by atoms with Gasteiger partial charge in [-0.2, -0.15) is 9.61 Å². The first-order valence-electron chi connectivity index (χ1n) is 7.70. The average Bonchev–Trinajstić information content (AvgIpc) is 3.02. The van der Waals surface area contributed by atoms with E-state index in [0.29, 0.717) is 22.1 Å². The smallest absolute Gasteiger partial charge is 0.306 e. The van der Waals surface area contributed by atoms with Crippen LogP contribution in [0.4, 0.5) is 0 Å². The molecule has 7 nitrogen and oxygen atoms in total. The zero-order valence-corrected chi connectivity index (χ0v) is 14.7. The summed E-state index contributed by atoms with van der Waals surface area (Å²) < 4.78 is 11.6. The minimum Gasteiger partial charge on any atom is -0.497 e. The lowest BCUT2D eigenvalue weighted by molar-refractivity contribution is -0.144. The van der Waals surface area contributed by atoms with E-state index in [9.17, 15) is 9.59 Å². The minimum atomic E-state index is -0.313. The molecule has 3 rings (SSSR count).